The van der Waals surface area contributed by atoms with Crippen LogP contribution in [0.3, 0.4) is 0 Å². The summed E-state index contributed by atoms with van der Waals surface area (Å²) in [6.45, 7) is 19.4. The van der Waals surface area contributed by atoms with Gasteiger partial charge in [0, 0.05) is 99.4 Å². The molecule has 3 N–H and O–H groups in total. The Morgan fingerprint density at radius 2 is 0.977 bits per heavy atom. The van der Waals surface area contributed by atoms with Crippen molar-refractivity contribution in [1.82, 2.24) is 39.8 Å². The second-order valence-electron chi connectivity index (χ2n) is 25.7. The smallest absolute Gasteiger partial charge is 0.410 e. The van der Waals surface area contributed by atoms with Gasteiger partial charge in [0.1, 0.15) is 32.0 Å². The maximum Gasteiger partial charge on any atom is 0.410 e. The Bertz CT molecular complexity index is 3550. The molecule has 0 atom stereocenters. The summed E-state index contributed by atoms with van der Waals surface area (Å²) < 4.78 is 32.3. The van der Waals surface area contributed by atoms with Gasteiger partial charge in [-0.15, -0.1) is 0 Å². The van der Waals surface area contributed by atoms with E-state index in [4.69, 9.17) is 23.7 Å². The predicted molar refractivity (Wildman–Crippen MR) is 338 cm³/mol. The monoisotopic (exact) mass is 1190 g/mol. The number of benzene rings is 4. The van der Waals surface area contributed by atoms with Crippen LogP contribution in [-0.4, -0.2) is 137 Å². The molecule has 4 fully saturated rings. The van der Waals surface area contributed by atoms with Crippen molar-refractivity contribution in [3.8, 4) is 23.0 Å². The van der Waals surface area contributed by atoms with Crippen molar-refractivity contribution in [1.29, 1.82) is 0 Å². The van der Waals surface area contributed by atoms with E-state index < -0.39 is 5.60 Å². The molecule has 18 nitrogen and oxygen atoms in total. The summed E-state index contributed by atoms with van der Waals surface area (Å²) in [5.74, 6) is 2.79. The highest BCUT2D eigenvalue weighted by Gasteiger charge is 2.33. The minimum Gasteiger partial charge on any atom is -0.486 e. The lowest BCUT2D eigenvalue weighted by atomic mass is 10.0. The fourth-order valence-electron chi connectivity index (χ4n) is 13.3. The molecule has 3 amide bonds. The van der Waals surface area contributed by atoms with Gasteiger partial charge in [-0.25, -0.2) is 4.79 Å². The van der Waals surface area contributed by atoms with E-state index in [9.17, 15) is 24.0 Å². The maximum absolute atomic E-state index is 13.5. The minimum atomic E-state index is -0.607. The number of pyridine rings is 2. The van der Waals surface area contributed by atoms with Gasteiger partial charge in [0.05, 0.1) is 22.2 Å². The molecule has 6 heterocycles. The fourth-order valence-corrected chi connectivity index (χ4v) is 13.3. The van der Waals surface area contributed by atoms with Crippen LogP contribution in [-0.2, 0) is 30.9 Å². The van der Waals surface area contributed by atoms with Gasteiger partial charge in [0.15, 0.2) is 23.0 Å². The molecule has 0 unspecified atom stereocenters. The van der Waals surface area contributed by atoms with E-state index in [1.165, 1.54) is 17.7 Å². The first-order valence-corrected chi connectivity index (χ1v) is 31.9. The molecular formula is C69H88N8O10. The van der Waals surface area contributed by atoms with Gasteiger partial charge in [-0.3, -0.25) is 19.2 Å². The Balaban J connectivity index is 0.000000182. The van der Waals surface area contributed by atoms with Crippen molar-refractivity contribution in [2.45, 2.75) is 168 Å². The fraction of sp³-hybridized carbons (Fsp3) is 0.522. The highest BCUT2D eigenvalue weighted by atomic mass is 16.6. The van der Waals surface area contributed by atoms with Crippen molar-refractivity contribution in [3.63, 3.8) is 0 Å². The number of amides is 3. The summed E-state index contributed by atoms with van der Waals surface area (Å²) in [5.41, 5.74) is 6.00. The molecule has 0 bridgehead atoms. The van der Waals surface area contributed by atoms with Crippen molar-refractivity contribution in [3.05, 3.63) is 139 Å². The summed E-state index contributed by atoms with van der Waals surface area (Å²) in [7, 11) is 0. The van der Waals surface area contributed by atoms with Crippen molar-refractivity contribution in [2.75, 3.05) is 65.7 Å². The van der Waals surface area contributed by atoms with Crippen LogP contribution in [0, 0.1) is 13.8 Å². The van der Waals surface area contributed by atoms with Gasteiger partial charge in [-0.1, -0.05) is 62.1 Å². The van der Waals surface area contributed by atoms with E-state index in [0.29, 0.717) is 75.5 Å². The topological polar surface area (TPSA) is 187 Å². The van der Waals surface area contributed by atoms with Gasteiger partial charge in [-0.05, 0) is 158 Å². The van der Waals surface area contributed by atoms with Crippen LogP contribution in [0.4, 0.5) is 4.79 Å². The molecule has 4 aliphatic heterocycles. The Morgan fingerprint density at radius 1 is 0.529 bits per heavy atom. The zero-order chi connectivity index (χ0) is 60.6. The number of piperidine rings is 2. The van der Waals surface area contributed by atoms with Crippen LogP contribution in [0.25, 0.3) is 21.8 Å². The zero-order valence-electron chi connectivity index (χ0n) is 51.6. The number of hydrogen-bond donors (Lipinski definition) is 3. The number of aromatic nitrogens is 2. The molecule has 2 saturated heterocycles. The van der Waals surface area contributed by atoms with Crippen LogP contribution in [0.15, 0.2) is 94.5 Å². The van der Waals surface area contributed by atoms with Crippen LogP contribution in [0.2, 0.25) is 0 Å². The van der Waals surface area contributed by atoms with Crippen molar-refractivity contribution >= 4 is 39.7 Å². The van der Waals surface area contributed by atoms with Crippen LogP contribution < -0.4 is 46.0 Å². The summed E-state index contributed by atoms with van der Waals surface area (Å²) in [6.07, 6.45) is 12.0. The van der Waals surface area contributed by atoms with Gasteiger partial charge in [-0.2, -0.15) is 0 Å². The van der Waals surface area contributed by atoms with E-state index in [-0.39, 0.29) is 47.2 Å². The lowest BCUT2D eigenvalue weighted by Crippen LogP contribution is -2.49. The van der Waals surface area contributed by atoms with Crippen molar-refractivity contribution in [2.24, 2.45) is 0 Å². The molecule has 0 radical (unpaired) electrons. The van der Waals surface area contributed by atoms with E-state index in [2.05, 4.69) is 37.9 Å². The first-order chi connectivity index (χ1) is 42.1. The molecule has 4 aromatic carbocycles. The van der Waals surface area contributed by atoms with Gasteiger partial charge >= 0.3 is 6.09 Å². The quantitative estimate of drug-likeness (QED) is 0.0832. The van der Waals surface area contributed by atoms with E-state index in [1.807, 2.05) is 105 Å². The Labute approximate surface area is 510 Å². The van der Waals surface area contributed by atoms with Gasteiger partial charge in [0.2, 0.25) is 0 Å². The molecule has 12 rings (SSSR count). The standard InChI is InChI=1S/C37H48N4O6.C32H40N4O4/c1-25-9-11-29-30(35(43)38-27-7-5-6-8-27)23-34(42)40(31(29)21-25)18-17-39-15-13-28(14-16-39)41(36(44)47-37(2,3)4)24-26-10-12-32-33(22-26)46-20-19-45-32;1-22-6-8-26-27(32(38)34-25-4-2-3-5-25)20-31(37)36(28(26)18-22)15-14-35-12-10-24(11-13-35)33-21-23-7-9-29-30(19-23)40-17-16-39-29/h9-12,21-23,27-28H,5-8,13-20,24H2,1-4H3,(H,38,43);6-9,18-20,24-25,33H,2-5,10-17,21H2,1H3,(H,34,38). The molecule has 2 aromatic heterocycles. The second kappa shape index (κ2) is 27.7. The van der Waals surface area contributed by atoms with Crippen molar-refractivity contribution < 1.29 is 38.1 Å². The van der Waals surface area contributed by atoms with Gasteiger partial charge < -0.3 is 63.5 Å². The number of likely N-dealkylation sites (tertiary alicyclic amines) is 2. The zero-order valence-corrected chi connectivity index (χ0v) is 51.6. The normalized spacial score (nSPS) is 17.9. The van der Waals surface area contributed by atoms with Gasteiger partial charge in [0.25, 0.3) is 22.9 Å². The van der Waals surface area contributed by atoms with E-state index in [1.54, 1.807) is 4.57 Å². The van der Waals surface area contributed by atoms with Crippen LogP contribution in [0.1, 0.15) is 141 Å². The first kappa shape index (κ1) is 61.2. The largest absolute Gasteiger partial charge is 0.486 e. The predicted octanol–water partition coefficient (Wildman–Crippen LogP) is 9.66. The third-order valence-electron chi connectivity index (χ3n) is 18.1. The summed E-state index contributed by atoms with van der Waals surface area (Å²) in [5, 5.41) is 11.7. The maximum atomic E-state index is 13.5. The Kier molecular flexibility index (Phi) is 19.5. The molecule has 6 aromatic rings. The molecular weight excluding hydrogens is 1100 g/mol. The average Bonchev–Trinajstić information content (AvgIpc) is 1.99. The summed E-state index contributed by atoms with van der Waals surface area (Å²) in [4.78, 5) is 73.2. The molecule has 87 heavy (non-hydrogen) atoms. The third-order valence-corrected chi connectivity index (χ3v) is 18.1. The van der Waals surface area contributed by atoms with Crippen LogP contribution >= 0.6 is 0 Å². The number of carbonyl (C=O) groups is 3. The Morgan fingerprint density at radius 3 is 1.46 bits per heavy atom. The van der Waals surface area contributed by atoms with E-state index in [0.717, 1.165) is 172 Å². The molecule has 0 spiro atoms. The average molecular weight is 1190 g/mol. The lowest BCUT2D eigenvalue weighted by molar-refractivity contribution is 0.00560. The Hall–Kier alpha value is -7.41. The number of carbonyl (C=O) groups excluding carboxylic acids is 3. The number of ether oxygens (including phenoxy) is 5. The number of hydrogen-bond acceptors (Lipinski definition) is 13. The molecule has 6 aliphatic rings. The summed E-state index contributed by atoms with van der Waals surface area (Å²) >= 11 is 0. The van der Waals surface area contributed by atoms with Crippen LogP contribution in [0.5, 0.6) is 23.0 Å². The molecule has 2 saturated carbocycles. The number of fused-ring (bicyclic) bond motifs is 4. The highest BCUT2D eigenvalue weighted by molar-refractivity contribution is 6.07. The SMILES string of the molecule is Cc1ccc2c(C(=O)NC3CCCC3)cc(=O)n(CCN3CCC(N(Cc4ccc5c(c4)OCCO5)C(=O)OC(C)(C)C)CC3)c2c1.Cc1ccc2c(C(=O)NC3CCCC3)cc(=O)n(CCN3CCC(NCc4ccc5c(c4)OCCO5)CC3)c2c1. The number of aryl methyl sites for hydroxylation is 2. The number of rotatable bonds is 16. The number of nitrogens with one attached hydrogen (secondary N) is 3. The lowest BCUT2D eigenvalue weighted by Gasteiger charge is -2.39. The minimum absolute atomic E-state index is 0.0122. The highest BCUT2D eigenvalue weighted by Crippen LogP contribution is 2.34. The summed E-state index contributed by atoms with van der Waals surface area (Å²) in [6, 6.07) is 27.9. The first-order valence-electron chi connectivity index (χ1n) is 31.9. The second-order valence-corrected chi connectivity index (χ2v) is 25.7. The molecule has 2 aliphatic carbocycles. The molecule has 464 valence electrons. The molecule has 18 heteroatoms. The van der Waals surface area contributed by atoms with E-state index >= 15 is 0 Å². The third kappa shape index (κ3) is 15.5. The number of nitrogens with zero attached hydrogens (tertiary/aromatic N) is 5.